The molecule has 1 N–H and O–H groups in total. The predicted octanol–water partition coefficient (Wildman–Crippen LogP) is 4.44. The summed E-state index contributed by atoms with van der Waals surface area (Å²) in [6.07, 6.45) is 1.48. The number of hydrogen-bond donors (Lipinski definition) is 1. The number of para-hydroxylation sites is 1. The van der Waals surface area contributed by atoms with E-state index in [0.29, 0.717) is 5.02 Å². The molecule has 0 bridgehead atoms. The standard InChI is InChI=1S/C16H14ClF2NO2S/c17-12-5-3-4-11-10(12)8-9-13(11)20-14-6-1-2-7-15(14)23(21,22)16(18)19/h1-7,13,16,20H,8-9H2. The average molecular weight is 358 g/mol. The largest absolute Gasteiger partial charge is 0.377 e. The quantitative estimate of drug-likeness (QED) is 0.880. The van der Waals surface area contributed by atoms with Crippen LogP contribution in [0.2, 0.25) is 5.02 Å². The van der Waals surface area contributed by atoms with Crippen LogP contribution in [-0.4, -0.2) is 14.2 Å². The highest BCUT2D eigenvalue weighted by molar-refractivity contribution is 7.91. The van der Waals surface area contributed by atoms with Gasteiger partial charge >= 0.3 is 5.76 Å². The summed E-state index contributed by atoms with van der Waals surface area (Å²) in [5, 5.41) is 3.75. The summed E-state index contributed by atoms with van der Waals surface area (Å²) >= 11 is 6.16. The van der Waals surface area contributed by atoms with Crippen LogP contribution in [0.25, 0.3) is 0 Å². The van der Waals surface area contributed by atoms with Crippen molar-refractivity contribution in [1.82, 2.24) is 0 Å². The lowest BCUT2D eigenvalue weighted by Crippen LogP contribution is -2.16. The molecule has 0 amide bonds. The van der Waals surface area contributed by atoms with Gasteiger partial charge in [0, 0.05) is 5.02 Å². The maximum absolute atomic E-state index is 12.9. The zero-order chi connectivity index (χ0) is 16.6. The highest BCUT2D eigenvalue weighted by Gasteiger charge is 2.31. The first-order valence-corrected chi connectivity index (χ1v) is 8.98. The van der Waals surface area contributed by atoms with E-state index in [9.17, 15) is 17.2 Å². The van der Waals surface area contributed by atoms with Crippen molar-refractivity contribution >= 4 is 27.1 Å². The van der Waals surface area contributed by atoms with Gasteiger partial charge in [-0.25, -0.2) is 8.42 Å². The van der Waals surface area contributed by atoms with Crippen LogP contribution in [0.1, 0.15) is 23.6 Å². The van der Waals surface area contributed by atoms with Crippen molar-refractivity contribution in [2.75, 3.05) is 5.32 Å². The molecular weight excluding hydrogens is 344 g/mol. The van der Waals surface area contributed by atoms with Gasteiger partial charge in [-0.05, 0) is 42.2 Å². The topological polar surface area (TPSA) is 46.2 Å². The fourth-order valence-corrected chi connectivity index (χ4v) is 4.05. The van der Waals surface area contributed by atoms with Crippen LogP contribution in [0.4, 0.5) is 14.5 Å². The van der Waals surface area contributed by atoms with Crippen LogP contribution in [0.3, 0.4) is 0 Å². The summed E-state index contributed by atoms with van der Waals surface area (Å²) in [7, 11) is -4.66. The van der Waals surface area contributed by atoms with E-state index in [1.807, 2.05) is 12.1 Å². The van der Waals surface area contributed by atoms with Crippen molar-refractivity contribution < 1.29 is 17.2 Å². The Labute approximate surface area is 138 Å². The first-order valence-electron chi connectivity index (χ1n) is 7.06. The second-order valence-electron chi connectivity index (χ2n) is 5.35. The molecule has 1 unspecified atom stereocenters. The molecule has 1 atom stereocenters. The van der Waals surface area contributed by atoms with E-state index >= 15 is 0 Å². The third-order valence-corrected chi connectivity index (χ3v) is 5.76. The molecule has 0 aromatic heterocycles. The normalized spacial score (nSPS) is 17.3. The van der Waals surface area contributed by atoms with Gasteiger partial charge in [0.25, 0.3) is 0 Å². The Kier molecular flexibility index (Phi) is 4.29. The molecule has 0 fully saturated rings. The molecule has 0 radical (unpaired) electrons. The number of halogens is 3. The number of hydrogen-bond acceptors (Lipinski definition) is 3. The molecule has 23 heavy (non-hydrogen) atoms. The molecule has 0 heterocycles. The van der Waals surface area contributed by atoms with Crippen LogP contribution < -0.4 is 5.32 Å². The molecule has 0 aliphatic heterocycles. The zero-order valence-corrected chi connectivity index (χ0v) is 13.5. The molecule has 122 valence electrons. The Balaban J connectivity index is 1.97. The molecule has 0 spiro atoms. The van der Waals surface area contributed by atoms with E-state index in [1.165, 1.54) is 18.2 Å². The fraction of sp³-hybridized carbons (Fsp3) is 0.250. The first kappa shape index (κ1) is 16.2. The van der Waals surface area contributed by atoms with Crippen molar-refractivity contribution in [3.63, 3.8) is 0 Å². The SMILES string of the molecule is O=S(=O)(c1ccccc1NC1CCc2c(Cl)cccc21)C(F)F. The Bertz CT molecular complexity index is 840. The minimum absolute atomic E-state index is 0.155. The van der Waals surface area contributed by atoms with Gasteiger partial charge in [0.2, 0.25) is 9.84 Å². The lowest BCUT2D eigenvalue weighted by Gasteiger charge is -2.18. The Morgan fingerprint density at radius 1 is 1.13 bits per heavy atom. The van der Waals surface area contributed by atoms with E-state index in [4.69, 9.17) is 11.6 Å². The molecule has 3 rings (SSSR count). The number of anilines is 1. The molecular formula is C16H14ClF2NO2S. The summed E-state index contributed by atoms with van der Waals surface area (Å²) in [6.45, 7) is 0. The average Bonchev–Trinajstić information content (AvgIpc) is 2.92. The minimum atomic E-state index is -4.66. The van der Waals surface area contributed by atoms with E-state index < -0.39 is 15.6 Å². The second kappa shape index (κ2) is 6.09. The highest BCUT2D eigenvalue weighted by Crippen LogP contribution is 2.38. The Morgan fingerprint density at radius 2 is 1.87 bits per heavy atom. The fourth-order valence-electron chi connectivity index (χ4n) is 2.88. The van der Waals surface area contributed by atoms with Gasteiger partial charge < -0.3 is 5.32 Å². The molecule has 2 aromatic carbocycles. The van der Waals surface area contributed by atoms with Gasteiger partial charge in [-0.3, -0.25) is 0 Å². The van der Waals surface area contributed by atoms with Crippen molar-refractivity contribution in [2.24, 2.45) is 0 Å². The van der Waals surface area contributed by atoms with Crippen LogP contribution in [-0.2, 0) is 16.3 Å². The van der Waals surface area contributed by atoms with Gasteiger partial charge in [-0.1, -0.05) is 35.9 Å². The summed E-state index contributed by atoms with van der Waals surface area (Å²) in [4.78, 5) is -0.384. The van der Waals surface area contributed by atoms with Crippen LogP contribution in [0.5, 0.6) is 0 Å². The second-order valence-corrected chi connectivity index (χ2v) is 7.64. The number of benzene rings is 2. The lowest BCUT2D eigenvalue weighted by atomic mass is 10.1. The van der Waals surface area contributed by atoms with Crippen LogP contribution in [0.15, 0.2) is 47.4 Å². The van der Waals surface area contributed by atoms with E-state index in [0.717, 1.165) is 24.0 Å². The number of sulfone groups is 1. The van der Waals surface area contributed by atoms with Crippen molar-refractivity contribution in [3.05, 3.63) is 58.6 Å². The third-order valence-electron chi connectivity index (χ3n) is 3.97. The third kappa shape index (κ3) is 2.93. The molecule has 0 saturated carbocycles. The van der Waals surface area contributed by atoms with Crippen molar-refractivity contribution in [1.29, 1.82) is 0 Å². The number of alkyl halides is 2. The number of rotatable bonds is 4. The molecule has 1 aliphatic rings. The predicted molar refractivity (Wildman–Crippen MR) is 85.8 cm³/mol. The summed E-state index contributed by atoms with van der Waals surface area (Å²) in [5.41, 5.74) is 2.17. The first-order chi connectivity index (χ1) is 10.9. The summed E-state index contributed by atoms with van der Waals surface area (Å²) in [6, 6.07) is 11.1. The Morgan fingerprint density at radius 3 is 2.61 bits per heavy atom. The summed E-state index contributed by atoms with van der Waals surface area (Å²) < 4.78 is 49.3. The lowest BCUT2D eigenvalue weighted by molar-refractivity contribution is 0.235. The maximum atomic E-state index is 12.9. The minimum Gasteiger partial charge on any atom is -0.377 e. The van der Waals surface area contributed by atoms with Gasteiger partial charge in [0.15, 0.2) is 0 Å². The van der Waals surface area contributed by atoms with Crippen molar-refractivity contribution in [2.45, 2.75) is 29.5 Å². The number of fused-ring (bicyclic) bond motifs is 1. The van der Waals surface area contributed by atoms with Gasteiger partial charge in [0.1, 0.15) is 0 Å². The molecule has 1 aliphatic carbocycles. The maximum Gasteiger partial charge on any atom is 0.341 e. The molecule has 3 nitrogen and oxygen atoms in total. The van der Waals surface area contributed by atoms with Crippen LogP contribution in [0, 0.1) is 0 Å². The van der Waals surface area contributed by atoms with E-state index in [-0.39, 0.29) is 16.6 Å². The van der Waals surface area contributed by atoms with Gasteiger partial charge in [-0.2, -0.15) is 8.78 Å². The summed E-state index contributed by atoms with van der Waals surface area (Å²) in [5.74, 6) is -3.45. The highest BCUT2D eigenvalue weighted by atomic mass is 35.5. The molecule has 2 aromatic rings. The molecule has 0 saturated heterocycles. The van der Waals surface area contributed by atoms with E-state index in [2.05, 4.69) is 5.32 Å². The zero-order valence-electron chi connectivity index (χ0n) is 12.0. The van der Waals surface area contributed by atoms with E-state index in [1.54, 1.807) is 12.1 Å². The van der Waals surface area contributed by atoms with Crippen molar-refractivity contribution in [3.8, 4) is 0 Å². The van der Waals surface area contributed by atoms with Gasteiger partial charge in [-0.15, -0.1) is 0 Å². The van der Waals surface area contributed by atoms with Gasteiger partial charge in [0.05, 0.1) is 16.6 Å². The number of nitrogens with one attached hydrogen (secondary N) is 1. The monoisotopic (exact) mass is 357 g/mol. The smallest absolute Gasteiger partial charge is 0.341 e. The Hall–Kier alpha value is -1.66. The molecule has 7 heteroatoms. The van der Waals surface area contributed by atoms with Crippen LogP contribution >= 0.6 is 11.6 Å².